The van der Waals surface area contributed by atoms with Crippen molar-refractivity contribution in [3.63, 3.8) is 0 Å². The Morgan fingerprint density at radius 2 is 1.95 bits per heavy atom. The number of aromatic nitrogens is 2. The van der Waals surface area contributed by atoms with E-state index in [1.165, 1.54) is 26.4 Å². The highest BCUT2D eigenvalue weighted by Crippen LogP contribution is 2.37. The SMILES string of the molecule is Cc1ccc(-c2nn(-c3ccc(C)c(C)c3)c3c2CCN3)s1. The van der Waals surface area contributed by atoms with Gasteiger partial charge in [0, 0.05) is 17.0 Å². The Morgan fingerprint density at radius 3 is 2.68 bits per heavy atom. The Balaban J connectivity index is 1.89. The molecule has 3 heterocycles. The molecule has 3 aromatic rings. The molecule has 4 heteroatoms. The largest absolute Gasteiger partial charge is 0.369 e. The molecule has 0 bridgehead atoms. The number of nitrogens with one attached hydrogen (secondary N) is 1. The first-order chi connectivity index (χ1) is 10.6. The fraction of sp³-hybridized carbons (Fsp3) is 0.278. The zero-order valence-corrected chi connectivity index (χ0v) is 13.9. The van der Waals surface area contributed by atoms with Crippen LogP contribution in [0.25, 0.3) is 16.3 Å². The van der Waals surface area contributed by atoms with Crippen molar-refractivity contribution in [3.05, 3.63) is 51.9 Å². The maximum absolute atomic E-state index is 4.92. The van der Waals surface area contributed by atoms with Crippen LogP contribution in [0.5, 0.6) is 0 Å². The first-order valence-corrected chi connectivity index (χ1v) is 8.45. The Hall–Kier alpha value is -2.07. The lowest BCUT2D eigenvalue weighted by atomic mass is 10.1. The van der Waals surface area contributed by atoms with Crippen molar-refractivity contribution < 1.29 is 0 Å². The molecule has 0 radical (unpaired) electrons. The van der Waals surface area contributed by atoms with Crippen molar-refractivity contribution >= 4 is 17.2 Å². The highest BCUT2D eigenvalue weighted by molar-refractivity contribution is 7.15. The fourth-order valence-electron chi connectivity index (χ4n) is 2.98. The molecule has 1 aliphatic rings. The van der Waals surface area contributed by atoms with E-state index in [0.717, 1.165) is 30.2 Å². The van der Waals surface area contributed by atoms with E-state index < -0.39 is 0 Å². The second-order valence-electron chi connectivity index (χ2n) is 5.94. The lowest BCUT2D eigenvalue weighted by Gasteiger charge is -2.08. The Morgan fingerprint density at radius 1 is 1.09 bits per heavy atom. The van der Waals surface area contributed by atoms with Crippen LogP contribution in [0.4, 0.5) is 5.82 Å². The quantitative estimate of drug-likeness (QED) is 0.755. The summed E-state index contributed by atoms with van der Waals surface area (Å²) in [6.45, 7) is 7.44. The molecule has 0 atom stereocenters. The third kappa shape index (κ3) is 2.06. The van der Waals surface area contributed by atoms with E-state index in [1.807, 2.05) is 11.3 Å². The van der Waals surface area contributed by atoms with E-state index in [9.17, 15) is 0 Å². The molecule has 4 rings (SSSR count). The zero-order chi connectivity index (χ0) is 15.3. The van der Waals surface area contributed by atoms with E-state index in [2.05, 4.69) is 61.1 Å². The van der Waals surface area contributed by atoms with E-state index in [0.29, 0.717) is 0 Å². The van der Waals surface area contributed by atoms with Crippen LogP contribution in [0, 0.1) is 20.8 Å². The van der Waals surface area contributed by atoms with Crippen molar-refractivity contribution in [2.75, 3.05) is 11.9 Å². The average molecular weight is 309 g/mol. The highest BCUT2D eigenvalue weighted by Gasteiger charge is 2.24. The number of rotatable bonds is 2. The van der Waals surface area contributed by atoms with Crippen LogP contribution in [-0.4, -0.2) is 16.3 Å². The second-order valence-corrected chi connectivity index (χ2v) is 7.23. The standard InChI is InChI=1S/C18H19N3S/c1-11-4-6-14(10-12(11)2)21-18-15(8-9-19-18)17(20-21)16-7-5-13(3)22-16/h4-7,10,19H,8-9H2,1-3H3. The molecule has 0 saturated heterocycles. The van der Waals surface area contributed by atoms with Gasteiger partial charge >= 0.3 is 0 Å². The summed E-state index contributed by atoms with van der Waals surface area (Å²) in [6.07, 6.45) is 1.05. The molecule has 3 nitrogen and oxygen atoms in total. The molecule has 2 aromatic heterocycles. The van der Waals surface area contributed by atoms with Crippen molar-refractivity contribution in [1.82, 2.24) is 9.78 Å². The third-order valence-corrected chi connectivity index (χ3v) is 5.37. The number of hydrogen-bond acceptors (Lipinski definition) is 3. The molecule has 0 spiro atoms. The number of benzene rings is 1. The molecule has 0 fully saturated rings. The predicted molar refractivity (Wildman–Crippen MR) is 93.3 cm³/mol. The van der Waals surface area contributed by atoms with E-state index in [1.54, 1.807) is 0 Å². The Labute approximate surface area is 134 Å². The van der Waals surface area contributed by atoms with E-state index in [4.69, 9.17) is 5.10 Å². The summed E-state index contributed by atoms with van der Waals surface area (Å²) in [7, 11) is 0. The van der Waals surface area contributed by atoms with Gasteiger partial charge < -0.3 is 5.32 Å². The molecule has 112 valence electrons. The molecule has 0 saturated carbocycles. The van der Waals surface area contributed by atoms with Gasteiger partial charge in [0.25, 0.3) is 0 Å². The minimum Gasteiger partial charge on any atom is -0.369 e. The van der Waals surface area contributed by atoms with Gasteiger partial charge in [-0.2, -0.15) is 5.10 Å². The molecule has 22 heavy (non-hydrogen) atoms. The average Bonchev–Trinajstić information content (AvgIpc) is 3.17. The van der Waals surface area contributed by atoms with Gasteiger partial charge in [-0.05, 0) is 62.6 Å². The van der Waals surface area contributed by atoms with Gasteiger partial charge in [-0.3, -0.25) is 0 Å². The van der Waals surface area contributed by atoms with Crippen molar-refractivity contribution in [2.24, 2.45) is 0 Å². The van der Waals surface area contributed by atoms with Crippen LogP contribution in [0.3, 0.4) is 0 Å². The van der Waals surface area contributed by atoms with Crippen molar-refractivity contribution in [2.45, 2.75) is 27.2 Å². The maximum atomic E-state index is 4.92. The number of aryl methyl sites for hydroxylation is 3. The summed E-state index contributed by atoms with van der Waals surface area (Å²) >= 11 is 1.82. The predicted octanol–water partition coefficient (Wildman–Crippen LogP) is 4.49. The summed E-state index contributed by atoms with van der Waals surface area (Å²) < 4.78 is 2.07. The first-order valence-electron chi connectivity index (χ1n) is 7.63. The number of nitrogens with zero attached hydrogens (tertiary/aromatic N) is 2. The van der Waals surface area contributed by atoms with Crippen LogP contribution < -0.4 is 5.32 Å². The summed E-state index contributed by atoms with van der Waals surface area (Å²) in [5, 5.41) is 8.42. The third-order valence-electron chi connectivity index (χ3n) is 4.36. The number of anilines is 1. The van der Waals surface area contributed by atoms with Crippen molar-refractivity contribution in [1.29, 1.82) is 0 Å². The van der Waals surface area contributed by atoms with Gasteiger partial charge in [-0.15, -0.1) is 11.3 Å². The van der Waals surface area contributed by atoms with Gasteiger partial charge in [-0.1, -0.05) is 6.07 Å². The van der Waals surface area contributed by atoms with Gasteiger partial charge in [0.05, 0.1) is 10.6 Å². The number of fused-ring (bicyclic) bond motifs is 1. The van der Waals surface area contributed by atoms with E-state index in [-0.39, 0.29) is 0 Å². The molecular formula is C18H19N3S. The lowest BCUT2D eigenvalue weighted by Crippen LogP contribution is -2.04. The molecule has 0 unspecified atom stereocenters. The van der Waals surface area contributed by atoms with Crippen LogP contribution in [0.15, 0.2) is 30.3 Å². The first kappa shape index (κ1) is 13.6. The molecule has 1 aromatic carbocycles. The molecule has 1 N–H and O–H groups in total. The lowest BCUT2D eigenvalue weighted by molar-refractivity contribution is 0.881. The molecule has 0 amide bonds. The van der Waals surface area contributed by atoms with Gasteiger partial charge in [-0.25, -0.2) is 4.68 Å². The molecule has 0 aliphatic carbocycles. The van der Waals surface area contributed by atoms with Crippen LogP contribution in [0.2, 0.25) is 0 Å². The minimum atomic E-state index is 0.995. The highest BCUT2D eigenvalue weighted by atomic mass is 32.1. The second kappa shape index (κ2) is 4.99. The normalized spacial score (nSPS) is 13.2. The molecular weight excluding hydrogens is 290 g/mol. The van der Waals surface area contributed by atoms with Crippen molar-refractivity contribution in [3.8, 4) is 16.3 Å². The zero-order valence-electron chi connectivity index (χ0n) is 13.1. The maximum Gasteiger partial charge on any atom is 0.133 e. The topological polar surface area (TPSA) is 29.9 Å². The van der Waals surface area contributed by atoms with Gasteiger partial charge in [0.1, 0.15) is 11.5 Å². The number of thiophene rings is 1. The van der Waals surface area contributed by atoms with Crippen LogP contribution >= 0.6 is 11.3 Å². The van der Waals surface area contributed by atoms with Gasteiger partial charge in [0.15, 0.2) is 0 Å². The number of hydrogen-bond donors (Lipinski definition) is 1. The molecule has 1 aliphatic heterocycles. The Bertz CT molecular complexity index is 857. The van der Waals surface area contributed by atoms with E-state index >= 15 is 0 Å². The summed E-state index contributed by atoms with van der Waals surface area (Å²) in [6, 6.07) is 10.9. The minimum absolute atomic E-state index is 0.995. The smallest absolute Gasteiger partial charge is 0.133 e. The fourth-order valence-corrected chi connectivity index (χ4v) is 3.86. The Kier molecular flexibility index (Phi) is 3.08. The van der Waals surface area contributed by atoms with Crippen LogP contribution in [0.1, 0.15) is 21.6 Å². The van der Waals surface area contributed by atoms with Gasteiger partial charge in [0.2, 0.25) is 0 Å². The monoisotopic (exact) mass is 309 g/mol. The summed E-state index contributed by atoms with van der Waals surface area (Å²) in [5.41, 5.74) is 6.23. The summed E-state index contributed by atoms with van der Waals surface area (Å²) in [5.74, 6) is 1.16. The summed E-state index contributed by atoms with van der Waals surface area (Å²) in [4.78, 5) is 2.59. The van der Waals surface area contributed by atoms with Crippen LogP contribution in [-0.2, 0) is 6.42 Å².